The number of benzene rings is 2. The van der Waals surface area contributed by atoms with Gasteiger partial charge in [-0.3, -0.25) is 0 Å². The van der Waals surface area contributed by atoms with Gasteiger partial charge >= 0.3 is 0 Å². The van der Waals surface area contributed by atoms with Gasteiger partial charge in [0.1, 0.15) is 0 Å². The van der Waals surface area contributed by atoms with Crippen LogP contribution in [0, 0.1) is 17.6 Å². The predicted octanol–water partition coefficient (Wildman–Crippen LogP) is 4.16. The Morgan fingerprint density at radius 2 is 1.62 bits per heavy atom. The van der Waals surface area contributed by atoms with Gasteiger partial charge in [0, 0.05) is 12.6 Å². The molecule has 112 valence electrons. The molecule has 0 aromatic heterocycles. The van der Waals surface area contributed by atoms with Crippen molar-refractivity contribution in [1.29, 1.82) is 0 Å². The van der Waals surface area contributed by atoms with Crippen LogP contribution in [0.2, 0.25) is 0 Å². The normalized spacial score (nSPS) is 12.6. The van der Waals surface area contributed by atoms with Crippen molar-refractivity contribution < 1.29 is 13.9 Å². The van der Waals surface area contributed by atoms with Gasteiger partial charge in [-0.1, -0.05) is 44.2 Å². The third-order valence-corrected chi connectivity index (χ3v) is 3.43. The molecule has 0 aliphatic rings. The smallest absolute Gasteiger partial charge is 0.187 e. The zero-order chi connectivity index (χ0) is 15.4. The molecule has 0 aliphatic carbocycles. The quantitative estimate of drug-likeness (QED) is 0.867. The Bertz CT molecular complexity index is 576. The van der Waals surface area contributed by atoms with Crippen LogP contribution in [0.5, 0.6) is 5.75 Å². The summed E-state index contributed by atoms with van der Waals surface area (Å²) in [5, 5.41) is 12.4. The lowest BCUT2D eigenvalue weighted by Gasteiger charge is -2.23. The van der Waals surface area contributed by atoms with E-state index in [-0.39, 0.29) is 6.04 Å². The van der Waals surface area contributed by atoms with Gasteiger partial charge in [-0.15, -0.1) is 0 Å². The fourth-order valence-electron chi connectivity index (χ4n) is 2.35. The van der Waals surface area contributed by atoms with Crippen molar-refractivity contribution in [3.8, 4) is 5.75 Å². The fourth-order valence-corrected chi connectivity index (χ4v) is 2.35. The Morgan fingerprint density at radius 3 is 2.14 bits per heavy atom. The molecule has 0 saturated heterocycles. The van der Waals surface area contributed by atoms with Crippen LogP contribution in [-0.4, -0.2) is 5.11 Å². The van der Waals surface area contributed by atoms with Gasteiger partial charge in [-0.2, -0.15) is 0 Å². The molecule has 1 atom stereocenters. The molecule has 4 heteroatoms. The first-order valence-corrected chi connectivity index (χ1v) is 6.94. The molecule has 0 bridgehead atoms. The standard InChI is InChI=1S/C17H19F2NO/c1-11(2)16(13-6-4-3-5-7-13)20-10-12-8-14(18)17(21)15(19)9-12/h3-9,11,16,20-21H,10H2,1-2H3. The second-order valence-electron chi connectivity index (χ2n) is 5.42. The van der Waals surface area contributed by atoms with Crippen LogP contribution in [0.1, 0.15) is 31.0 Å². The van der Waals surface area contributed by atoms with Gasteiger partial charge in [0.25, 0.3) is 0 Å². The van der Waals surface area contributed by atoms with Gasteiger partial charge in [-0.05, 0) is 29.2 Å². The largest absolute Gasteiger partial charge is 0.503 e. The molecule has 0 saturated carbocycles. The third kappa shape index (κ3) is 3.79. The maximum atomic E-state index is 13.3. The molecule has 0 amide bonds. The van der Waals surface area contributed by atoms with E-state index in [1.54, 1.807) is 0 Å². The molecule has 2 aromatic carbocycles. The molecule has 2 nitrogen and oxygen atoms in total. The first kappa shape index (κ1) is 15.4. The van der Waals surface area contributed by atoms with Gasteiger partial charge in [-0.25, -0.2) is 8.78 Å². The highest BCUT2D eigenvalue weighted by atomic mass is 19.1. The highest BCUT2D eigenvalue weighted by Gasteiger charge is 2.16. The average molecular weight is 291 g/mol. The summed E-state index contributed by atoms with van der Waals surface area (Å²) in [6.07, 6.45) is 0. The molecular weight excluding hydrogens is 272 g/mol. The Hall–Kier alpha value is -1.94. The Balaban J connectivity index is 2.13. The highest BCUT2D eigenvalue weighted by Crippen LogP contribution is 2.24. The molecule has 0 heterocycles. The average Bonchev–Trinajstić information content (AvgIpc) is 2.45. The highest BCUT2D eigenvalue weighted by molar-refractivity contribution is 5.30. The van der Waals surface area contributed by atoms with Gasteiger partial charge in [0.15, 0.2) is 17.4 Å². The van der Waals surface area contributed by atoms with Crippen LogP contribution in [-0.2, 0) is 6.54 Å². The molecule has 2 aromatic rings. The Morgan fingerprint density at radius 1 is 1.05 bits per heavy atom. The fraction of sp³-hybridized carbons (Fsp3) is 0.294. The van der Waals surface area contributed by atoms with Crippen molar-refractivity contribution in [3.05, 3.63) is 65.2 Å². The van der Waals surface area contributed by atoms with Crippen molar-refractivity contribution in [2.75, 3.05) is 0 Å². The van der Waals surface area contributed by atoms with E-state index in [1.807, 2.05) is 30.3 Å². The number of rotatable bonds is 5. The van der Waals surface area contributed by atoms with E-state index in [0.717, 1.165) is 17.7 Å². The van der Waals surface area contributed by atoms with Crippen molar-refractivity contribution in [2.24, 2.45) is 5.92 Å². The summed E-state index contributed by atoms with van der Waals surface area (Å²) in [6.45, 7) is 4.50. The minimum atomic E-state index is -0.937. The summed E-state index contributed by atoms with van der Waals surface area (Å²) in [4.78, 5) is 0. The molecule has 2 rings (SSSR count). The van der Waals surface area contributed by atoms with Crippen LogP contribution in [0.3, 0.4) is 0 Å². The summed E-state index contributed by atoms with van der Waals surface area (Å²) in [6, 6.07) is 12.3. The number of hydrogen-bond acceptors (Lipinski definition) is 2. The summed E-state index contributed by atoms with van der Waals surface area (Å²) in [7, 11) is 0. The topological polar surface area (TPSA) is 32.3 Å². The number of halogens is 2. The van der Waals surface area contributed by atoms with Crippen LogP contribution in [0.4, 0.5) is 8.78 Å². The first-order chi connectivity index (χ1) is 9.99. The van der Waals surface area contributed by atoms with E-state index in [2.05, 4.69) is 19.2 Å². The van der Waals surface area contributed by atoms with Crippen molar-refractivity contribution in [3.63, 3.8) is 0 Å². The molecule has 0 fully saturated rings. The molecular formula is C17H19F2NO. The Labute approximate surface area is 123 Å². The van der Waals surface area contributed by atoms with Crippen molar-refractivity contribution in [1.82, 2.24) is 5.32 Å². The minimum absolute atomic E-state index is 0.0890. The van der Waals surface area contributed by atoms with E-state index < -0.39 is 17.4 Å². The van der Waals surface area contributed by atoms with Crippen LogP contribution >= 0.6 is 0 Å². The maximum absolute atomic E-state index is 13.3. The van der Waals surface area contributed by atoms with Crippen LogP contribution in [0.25, 0.3) is 0 Å². The number of aromatic hydroxyl groups is 1. The van der Waals surface area contributed by atoms with E-state index in [9.17, 15) is 8.78 Å². The third-order valence-electron chi connectivity index (χ3n) is 3.43. The van der Waals surface area contributed by atoms with Gasteiger partial charge in [0.05, 0.1) is 0 Å². The Kier molecular flexibility index (Phi) is 4.91. The second kappa shape index (κ2) is 6.68. The zero-order valence-electron chi connectivity index (χ0n) is 12.1. The maximum Gasteiger partial charge on any atom is 0.187 e. The van der Waals surface area contributed by atoms with E-state index in [1.165, 1.54) is 0 Å². The minimum Gasteiger partial charge on any atom is -0.503 e. The SMILES string of the molecule is CC(C)C(NCc1cc(F)c(O)c(F)c1)c1ccccc1. The summed E-state index contributed by atoms with van der Waals surface area (Å²) in [5.41, 5.74) is 1.59. The molecule has 0 aliphatic heterocycles. The van der Waals surface area contributed by atoms with E-state index in [4.69, 9.17) is 5.11 Å². The molecule has 0 spiro atoms. The molecule has 2 N–H and O–H groups in total. The summed E-state index contributed by atoms with van der Waals surface area (Å²) >= 11 is 0. The lowest BCUT2D eigenvalue weighted by molar-refractivity contribution is 0.390. The van der Waals surface area contributed by atoms with Crippen LogP contribution in [0.15, 0.2) is 42.5 Å². The lowest BCUT2D eigenvalue weighted by Crippen LogP contribution is -2.25. The monoisotopic (exact) mass is 291 g/mol. The molecule has 0 radical (unpaired) electrons. The second-order valence-corrected chi connectivity index (χ2v) is 5.42. The number of phenolic OH excluding ortho intramolecular Hbond substituents is 1. The van der Waals surface area contributed by atoms with E-state index >= 15 is 0 Å². The van der Waals surface area contributed by atoms with E-state index in [0.29, 0.717) is 18.0 Å². The van der Waals surface area contributed by atoms with Crippen LogP contribution < -0.4 is 5.32 Å². The molecule has 1 unspecified atom stereocenters. The van der Waals surface area contributed by atoms with Gasteiger partial charge < -0.3 is 10.4 Å². The predicted molar refractivity (Wildman–Crippen MR) is 78.9 cm³/mol. The number of nitrogens with one attached hydrogen (secondary N) is 1. The zero-order valence-corrected chi connectivity index (χ0v) is 12.1. The number of hydrogen-bond donors (Lipinski definition) is 2. The molecule has 21 heavy (non-hydrogen) atoms. The van der Waals surface area contributed by atoms with Gasteiger partial charge in [0.2, 0.25) is 0 Å². The number of phenols is 1. The first-order valence-electron chi connectivity index (χ1n) is 6.94. The van der Waals surface area contributed by atoms with Crippen molar-refractivity contribution in [2.45, 2.75) is 26.4 Å². The summed E-state index contributed by atoms with van der Waals surface area (Å²) < 4.78 is 26.7. The lowest BCUT2D eigenvalue weighted by atomic mass is 9.96. The summed E-state index contributed by atoms with van der Waals surface area (Å²) in [5.74, 6) is -2.47. The van der Waals surface area contributed by atoms with Crippen molar-refractivity contribution >= 4 is 0 Å².